The second-order valence-corrected chi connectivity index (χ2v) is 6.43. The highest BCUT2D eigenvalue weighted by Crippen LogP contribution is 2.40. The summed E-state index contributed by atoms with van der Waals surface area (Å²) >= 11 is 0. The van der Waals surface area contributed by atoms with E-state index in [0.29, 0.717) is 13.2 Å². The van der Waals surface area contributed by atoms with Crippen LogP contribution in [0.3, 0.4) is 0 Å². The van der Waals surface area contributed by atoms with E-state index in [1.54, 1.807) is 6.92 Å². The molecule has 1 saturated heterocycles. The van der Waals surface area contributed by atoms with E-state index in [2.05, 4.69) is 0 Å². The van der Waals surface area contributed by atoms with Gasteiger partial charge in [-0.15, -0.1) is 0 Å². The smallest absolute Gasteiger partial charge is 0.311 e. The van der Waals surface area contributed by atoms with Gasteiger partial charge in [0.05, 0.1) is 18.6 Å². The van der Waals surface area contributed by atoms with Gasteiger partial charge >= 0.3 is 5.97 Å². The van der Waals surface area contributed by atoms with Crippen LogP contribution in [-0.4, -0.2) is 23.4 Å². The van der Waals surface area contributed by atoms with Crippen molar-refractivity contribution in [2.45, 2.75) is 32.9 Å². The summed E-state index contributed by atoms with van der Waals surface area (Å²) in [6, 6.07) is 17.6. The molecule has 2 atom stereocenters. The summed E-state index contributed by atoms with van der Waals surface area (Å²) in [6.07, 6.45) is 0.199. The Morgan fingerprint density at radius 3 is 2.44 bits per heavy atom. The molecular formula is C21H23NO3. The molecular weight excluding hydrogens is 314 g/mol. The second-order valence-electron chi connectivity index (χ2n) is 6.43. The van der Waals surface area contributed by atoms with Crippen molar-refractivity contribution in [2.75, 3.05) is 6.61 Å². The molecule has 0 saturated carbocycles. The predicted molar refractivity (Wildman–Crippen MR) is 95.7 cm³/mol. The van der Waals surface area contributed by atoms with Crippen LogP contribution in [0.4, 0.5) is 0 Å². The molecule has 0 aromatic heterocycles. The summed E-state index contributed by atoms with van der Waals surface area (Å²) in [7, 11) is 0. The highest BCUT2D eigenvalue weighted by atomic mass is 16.5. The fraction of sp³-hybridized carbons (Fsp3) is 0.333. The SMILES string of the molecule is CCOC(=O)[C@@H]1CC(=O)N(Cc2ccccc2)[C@H]1c1ccc(C)cc1. The third-order valence-corrected chi connectivity index (χ3v) is 4.64. The zero-order valence-electron chi connectivity index (χ0n) is 14.6. The van der Waals surface area contributed by atoms with Crippen LogP contribution < -0.4 is 0 Å². The van der Waals surface area contributed by atoms with Crippen LogP contribution in [0.1, 0.15) is 36.1 Å². The number of hydrogen-bond acceptors (Lipinski definition) is 3. The van der Waals surface area contributed by atoms with Gasteiger partial charge in [0.1, 0.15) is 0 Å². The van der Waals surface area contributed by atoms with E-state index in [1.165, 1.54) is 0 Å². The maximum absolute atomic E-state index is 12.7. The minimum Gasteiger partial charge on any atom is -0.466 e. The lowest BCUT2D eigenvalue weighted by Gasteiger charge is -2.28. The van der Waals surface area contributed by atoms with Crippen molar-refractivity contribution in [3.63, 3.8) is 0 Å². The molecule has 1 amide bonds. The van der Waals surface area contributed by atoms with Crippen molar-refractivity contribution < 1.29 is 14.3 Å². The van der Waals surface area contributed by atoms with Crippen molar-refractivity contribution in [3.05, 3.63) is 71.3 Å². The van der Waals surface area contributed by atoms with E-state index < -0.39 is 5.92 Å². The van der Waals surface area contributed by atoms with Gasteiger partial charge in [-0.3, -0.25) is 9.59 Å². The largest absolute Gasteiger partial charge is 0.466 e. The zero-order chi connectivity index (χ0) is 17.8. The molecule has 0 unspecified atom stereocenters. The number of ether oxygens (including phenoxy) is 1. The van der Waals surface area contributed by atoms with E-state index in [1.807, 2.05) is 66.4 Å². The highest BCUT2D eigenvalue weighted by Gasteiger charge is 2.45. The molecule has 2 aromatic rings. The molecule has 0 bridgehead atoms. The first-order valence-electron chi connectivity index (χ1n) is 8.66. The predicted octanol–water partition coefficient (Wildman–Crippen LogP) is 3.65. The Labute approximate surface area is 148 Å². The van der Waals surface area contributed by atoms with Crippen LogP contribution in [0, 0.1) is 12.8 Å². The molecule has 4 heteroatoms. The Bertz CT molecular complexity index is 739. The summed E-state index contributed by atoms with van der Waals surface area (Å²) in [5.74, 6) is -0.761. The lowest BCUT2D eigenvalue weighted by atomic mass is 9.93. The number of benzene rings is 2. The van der Waals surface area contributed by atoms with Gasteiger partial charge in [-0.05, 0) is 25.0 Å². The van der Waals surface area contributed by atoms with Gasteiger partial charge in [-0.2, -0.15) is 0 Å². The monoisotopic (exact) mass is 337 g/mol. The molecule has 0 radical (unpaired) electrons. The number of carbonyl (C=O) groups excluding carboxylic acids is 2. The zero-order valence-corrected chi connectivity index (χ0v) is 14.6. The summed E-state index contributed by atoms with van der Waals surface area (Å²) in [4.78, 5) is 26.9. The minimum absolute atomic E-state index is 0.00696. The van der Waals surface area contributed by atoms with E-state index >= 15 is 0 Å². The molecule has 0 N–H and O–H groups in total. The van der Waals surface area contributed by atoms with E-state index in [4.69, 9.17) is 4.74 Å². The number of amides is 1. The summed E-state index contributed by atoms with van der Waals surface area (Å²) < 4.78 is 5.23. The summed E-state index contributed by atoms with van der Waals surface area (Å²) in [5.41, 5.74) is 3.18. The van der Waals surface area contributed by atoms with E-state index in [0.717, 1.165) is 16.7 Å². The molecule has 1 aliphatic heterocycles. The Kier molecular flexibility index (Phi) is 5.17. The molecule has 0 spiro atoms. The maximum atomic E-state index is 12.7. The summed E-state index contributed by atoms with van der Waals surface area (Å²) in [5, 5.41) is 0. The fourth-order valence-corrected chi connectivity index (χ4v) is 3.39. The van der Waals surface area contributed by atoms with E-state index in [-0.39, 0.29) is 24.3 Å². The van der Waals surface area contributed by atoms with Crippen molar-refractivity contribution in [3.8, 4) is 0 Å². The van der Waals surface area contributed by atoms with Crippen molar-refractivity contribution in [1.82, 2.24) is 4.90 Å². The van der Waals surface area contributed by atoms with Crippen molar-refractivity contribution >= 4 is 11.9 Å². The van der Waals surface area contributed by atoms with Crippen molar-refractivity contribution in [2.24, 2.45) is 5.92 Å². The Hall–Kier alpha value is -2.62. The number of carbonyl (C=O) groups is 2. The van der Waals surface area contributed by atoms with Crippen molar-refractivity contribution in [1.29, 1.82) is 0 Å². The molecule has 25 heavy (non-hydrogen) atoms. The topological polar surface area (TPSA) is 46.6 Å². The Morgan fingerprint density at radius 2 is 1.80 bits per heavy atom. The van der Waals surface area contributed by atoms with Gasteiger partial charge in [0.25, 0.3) is 0 Å². The molecule has 2 aromatic carbocycles. The second kappa shape index (κ2) is 7.51. The van der Waals surface area contributed by atoms with Crippen LogP contribution in [0.15, 0.2) is 54.6 Å². The quantitative estimate of drug-likeness (QED) is 0.783. The van der Waals surface area contributed by atoms with Gasteiger partial charge < -0.3 is 9.64 Å². The number of esters is 1. The van der Waals surface area contributed by atoms with E-state index in [9.17, 15) is 9.59 Å². The third-order valence-electron chi connectivity index (χ3n) is 4.64. The maximum Gasteiger partial charge on any atom is 0.311 e. The van der Waals surface area contributed by atoms with Crippen LogP contribution in [0.2, 0.25) is 0 Å². The van der Waals surface area contributed by atoms with Crippen LogP contribution in [-0.2, 0) is 20.9 Å². The highest BCUT2D eigenvalue weighted by molar-refractivity contribution is 5.88. The van der Waals surface area contributed by atoms with Gasteiger partial charge in [0.2, 0.25) is 5.91 Å². The van der Waals surface area contributed by atoms with Gasteiger partial charge in [-0.1, -0.05) is 60.2 Å². The lowest BCUT2D eigenvalue weighted by Crippen LogP contribution is -2.30. The standard InChI is InChI=1S/C21H23NO3/c1-3-25-21(24)18-13-19(23)22(14-16-7-5-4-6-8-16)20(18)17-11-9-15(2)10-12-17/h4-12,18,20H,3,13-14H2,1-2H3/t18-,20+/m1/s1. The fourth-order valence-electron chi connectivity index (χ4n) is 3.39. The Balaban J connectivity index is 1.94. The molecule has 1 fully saturated rings. The van der Waals surface area contributed by atoms with Gasteiger partial charge in [0, 0.05) is 13.0 Å². The Morgan fingerprint density at radius 1 is 1.12 bits per heavy atom. The van der Waals surface area contributed by atoms with Gasteiger partial charge in [0.15, 0.2) is 0 Å². The number of aryl methyl sites for hydroxylation is 1. The molecule has 1 heterocycles. The first kappa shape index (κ1) is 17.2. The molecule has 3 rings (SSSR count). The van der Waals surface area contributed by atoms with Crippen LogP contribution in [0.5, 0.6) is 0 Å². The number of likely N-dealkylation sites (tertiary alicyclic amines) is 1. The normalized spacial score (nSPS) is 19.9. The van der Waals surface area contributed by atoms with Crippen LogP contribution in [0.25, 0.3) is 0 Å². The third kappa shape index (κ3) is 3.73. The molecule has 130 valence electrons. The number of nitrogens with zero attached hydrogens (tertiary/aromatic N) is 1. The lowest BCUT2D eigenvalue weighted by molar-refractivity contribution is -0.149. The molecule has 0 aliphatic carbocycles. The van der Waals surface area contributed by atoms with Gasteiger partial charge in [-0.25, -0.2) is 0 Å². The number of rotatable bonds is 5. The first-order chi connectivity index (χ1) is 12.1. The molecule has 4 nitrogen and oxygen atoms in total. The first-order valence-corrected chi connectivity index (χ1v) is 8.66. The summed E-state index contributed by atoms with van der Waals surface area (Å²) in [6.45, 7) is 4.63. The average Bonchev–Trinajstić information content (AvgIpc) is 2.94. The molecule has 1 aliphatic rings. The minimum atomic E-state index is -0.459. The number of hydrogen-bond donors (Lipinski definition) is 0. The van der Waals surface area contributed by atoms with Crippen LogP contribution >= 0.6 is 0 Å². The average molecular weight is 337 g/mol.